The summed E-state index contributed by atoms with van der Waals surface area (Å²) in [7, 11) is 0. The second-order valence-electron chi connectivity index (χ2n) is 6.91. The number of rotatable bonds is 7. The fraction of sp³-hybridized carbons (Fsp3) is 0.286. The van der Waals surface area contributed by atoms with Gasteiger partial charge in [-0.2, -0.15) is 10.2 Å². The van der Waals surface area contributed by atoms with E-state index < -0.39 is 0 Å². The first-order chi connectivity index (χ1) is 13.6. The molecule has 0 bridgehead atoms. The zero-order valence-corrected chi connectivity index (χ0v) is 16.1. The lowest BCUT2D eigenvalue weighted by Crippen LogP contribution is -2.11. The van der Waals surface area contributed by atoms with Crippen LogP contribution in [0.25, 0.3) is 10.9 Å². The number of nitrogens with zero attached hydrogens (tertiary/aromatic N) is 4. The predicted molar refractivity (Wildman–Crippen MR) is 109 cm³/mol. The van der Waals surface area contributed by atoms with Gasteiger partial charge < -0.3 is 10.3 Å². The van der Waals surface area contributed by atoms with Crippen molar-refractivity contribution in [1.29, 1.82) is 0 Å². The van der Waals surface area contributed by atoms with E-state index in [2.05, 4.69) is 40.4 Å². The first-order valence-corrected chi connectivity index (χ1v) is 9.52. The maximum Gasteiger partial charge on any atom is 0.224 e. The highest BCUT2D eigenvalue weighted by Crippen LogP contribution is 2.19. The molecule has 28 heavy (non-hydrogen) atoms. The van der Waals surface area contributed by atoms with E-state index >= 15 is 0 Å². The van der Waals surface area contributed by atoms with Crippen LogP contribution in [-0.4, -0.2) is 30.5 Å². The lowest BCUT2D eigenvalue weighted by Gasteiger charge is -2.03. The summed E-state index contributed by atoms with van der Waals surface area (Å²) < 4.78 is 3.78. The third-order valence-electron chi connectivity index (χ3n) is 5.05. The van der Waals surface area contributed by atoms with Crippen LogP contribution in [0.2, 0.25) is 0 Å². The summed E-state index contributed by atoms with van der Waals surface area (Å²) in [6.45, 7) is 5.62. The number of amides is 1. The molecule has 0 saturated carbocycles. The summed E-state index contributed by atoms with van der Waals surface area (Å²) in [5.41, 5.74) is 5.24. The number of hydrogen-bond acceptors (Lipinski definition) is 3. The smallest absolute Gasteiger partial charge is 0.224 e. The quantitative estimate of drug-likeness (QED) is 0.518. The van der Waals surface area contributed by atoms with E-state index in [1.807, 2.05) is 46.2 Å². The second-order valence-corrected chi connectivity index (χ2v) is 6.91. The minimum absolute atomic E-state index is 0.0141. The Labute approximate surface area is 163 Å². The van der Waals surface area contributed by atoms with Crippen LogP contribution < -0.4 is 5.32 Å². The predicted octanol–water partition coefficient (Wildman–Crippen LogP) is 3.51. The Morgan fingerprint density at radius 2 is 2.04 bits per heavy atom. The fourth-order valence-corrected chi connectivity index (χ4v) is 3.46. The SMILES string of the molecule is CCn1ncc(Cn2cc(NC(=O)CCc3c[nH]c4ccccc34)cn2)c1C. The Morgan fingerprint density at radius 3 is 2.86 bits per heavy atom. The highest BCUT2D eigenvalue weighted by molar-refractivity contribution is 5.91. The molecular weight excluding hydrogens is 352 g/mol. The van der Waals surface area contributed by atoms with Crippen molar-refractivity contribution in [2.45, 2.75) is 39.8 Å². The Morgan fingerprint density at radius 1 is 1.18 bits per heavy atom. The van der Waals surface area contributed by atoms with Gasteiger partial charge in [0.15, 0.2) is 0 Å². The van der Waals surface area contributed by atoms with Crippen molar-refractivity contribution in [3.8, 4) is 0 Å². The van der Waals surface area contributed by atoms with Crippen LogP contribution in [0.15, 0.2) is 49.1 Å². The molecule has 3 heterocycles. The number of nitrogens with one attached hydrogen (secondary N) is 2. The topological polar surface area (TPSA) is 80.5 Å². The number of benzene rings is 1. The van der Waals surface area contributed by atoms with Gasteiger partial charge in [-0.1, -0.05) is 18.2 Å². The van der Waals surface area contributed by atoms with Gasteiger partial charge in [0.05, 0.1) is 24.6 Å². The van der Waals surface area contributed by atoms with Gasteiger partial charge in [0, 0.05) is 47.5 Å². The molecule has 3 aromatic heterocycles. The first kappa shape index (κ1) is 18.0. The van der Waals surface area contributed by atoms with E-state index in [4.69, 9.17) is 0 Å². The zero-order chi connectivity index (χ0) is 19.5. The van der Waals surface area contributed by atoms with Crippen LogP contribution in [-0.2, 0) is 24.3 Å². The van der Waals surface area contributed by atoms with Crippen molar-refractivity contribution in [3.63, 3.8) is 0 Å². The Kier molecular flexibility index (Phi) is 4.97. The third-order valence-corrected chi connectivity index (χ3v) is 5.05. The van der Waals surface area contributed by atoms with Gasteiger partial charge in [-0.3, -0.25) is 14.2 Å². The van der Waals surface area contributed by atoms with Crippen molar-refractivity contribution in [1.82, 2.24) is 24.5 Å². The minimum Gasteiger partial charge on any atom is -0.361 e. The largest absolute Gasteiger partial charge is 0.361 e. The average Bonchev–Trinajstić information content (AvgIpc) is 3.40. The molecule has 7 nitrogen and oxygen atoms in total. The van der Waals surface area contributed by atoms with Crippen molar-refractivity contribution < 1.29 is 4.79 Å². The Bertz CT molecular complexity index is 1100. The van der Waals surface area contributed by atoms with Gasteiger partial charge in [0.2, 0.25) is 5.91 Å². The van der Waals surface area contributed by atoms with Crippen LogP contribution in [0.3, 0.4) is 0 Å². The summed E-state index contributed by atoms with van der Waals surface area (Å²) in [6.07, 6.45) is 8.51. The molecule has 1 aromatic carbocycles. The standard InChI is InChI=1S/C21H24N6O/c1-3-27-15(2)17(11-24-27)13-26-14-18(12-23-26)25-21(28)9-8-16-10-22-20-7-5-4-6-19(16)20/h4-7,10-12,14,22H,3,8-9,13H2,1-2H3,(H,25,28). The zero-order valence-electron chi connectivity index (χ0n) is 16.1. The first-order valence-electron chi connectivity index (χ1n) is 9.52. The van der Waals surface area contributed by atoms with Crippen molar-refractivity contribution in [2.75, 3.05) is 5.32 Å². The van der Waals surface area contributed by atoms with E-state index in [1.54, 1.807) is 6.20 Å². The van der Waals surface area contributed by atoms with Crippen LogP contribution >= 0.6 is 0 Å². The number of aromatic amines is 1. The number of aromatic nitrogens is 5. The number of aryl methyl sites for hydroxylation is 2. The molecule has 7 heteroatoms. The molecule has 0 fully saturated rings. The summed E-state index contributed by atoms with van der Waals surface area (Å²) in [4.78, 5) is 15.6. The number of anilines is 1. The fourth-order valence-electron chi connectivity index (χ4n) is 3.46. The van der Waals surface area contributed by atoms with Crippen LogP contribution in [0, 0.1) is 6.92 Å². The Hall–Kier alpha value is -3.35. The van der Waals surface area contributed by atoms with Gasteiger partial charge >= 0.3 is 0 Å². The molecular formula is C21H24N6O. The van der Waals surface area contributed by atoms with Crippen molar-refractivity contribution >= 4 is 22.5 Å². The molecule has 0 saturated heterocycles. The molecule has 0 aliphatic carbocycles. The van der Waals surface area contributed by atoms with Crippen LogP contribution in [0.5, 0.6) is 0 Å². The average molecular weight is 376 g/mol. The van der Waals surface area contributed by atoms with E-state index in [9.17, 15) is 4.79 Å². The maximum absolute atomic E-state index is 12.3. The number of carbonyl (C=O) groups is 1. The van der Waals surface area contributed by atoms with Gasteiger partial charge in [0.25, 0.3) is 0 Å². The highest BCUT2D eigenvalue weighted by Gasteiger charge is 2.10. The summed E-state index contributed by atoms with van der Waals surface area (Å²) in [5.74, 6) is -0.0141. The molecule has 0 unspecified atom stereocenters. The minimum atomic E-state index is -0.0141. The molecule has 0 aliphatic heterocycles. The Balaban J connectivity index is 1.34. The lowest BCUT2D eigenvalue weighted by molar-refractivity contribution is -0.116. The molecule has 0 atom stereocenters. The van der Waals surface area contributed by atoms with Crippen molar-refractivity contribution in [2.24, 2.45) is 0 Å². The van der Waals surface area contributed by atoms with E-state index in [-0.39, 0.29) is 5.91 Å². The molecule has 4 rings (SSSR count). The maximum atomic E-state index is 12.3. The highest BCUT2D eigenvalue weighted by atomic mass is 16.1. The summed E-state index contributed by atoms with van der Waals surface area (Å²) in [6, 6.07) is 8.13. The monoisotopic (exact) mass is 376 g/mol. The number of fused-ring (bicyclic) bond motifs is 1. The molecule has 0 aliphatic rings. The molecule has 0 radical (unpaired) electrons. The second kappa shape index (κ2) is 7.72. The molecule has 2 N–H and O–H groups in total. The van der Waals surface area contributed by atoms with Gasteiger partial charge in [-0.25, -0.2) is 0 Å². The molecule has 144 valence electrons. The van der Waals surface area contributed by atoms with E-state index in [1.165, 1.54) is 5.39 Å². The summed E-state index contributed by atoms with van der Waals surface area (Å²) in [5, 5.41) is 12.8. The normalized spacial score (nSPS) is 11.2. The van der Waals surface area contributed by atoms with Gasteiger partial charge in [-0.05, 0) is 31.9 Å². The summed E-state index contributed by atoms with van der Waals surface area (Å²) >= 11 is 0. The van der Waals surface area contributed by atoms with E-state index in [0.717, 1.165) is 28.9 Å². The van der Waals surface area contributed by atoms with Gasteiger partial charge in [0.1, 0.15) is 0 Å². The number of hydrogen-bond donors (Lipinski definition) is 2. The van der Waals surface area contributed by atoms with Crippen molar-refractivity contribution in [3.05, 3.63) is 65.9 Å². The third kappa shape index (κ3) is 3.69. The molecule has 1 amide bonds. The molecule has 4 aromatic rings. The van der Waals surface area contributed by atoms with Gasteiger partial charge in [-0.15, -0.1) is 0 Å². The number of para-hydroxylation sites is 1. The number of carbonyl (C=O) groups excluding carboxylic acids is 1. The molecule has 0 spiro atoms. The number of H-pyrrole nitrogens is 1. The van der Waals surface area contributed by atoms with Crippen LogP contribution in [0.4, 0.5) is 5.69 Å². The van der Waals surface area contributed by atoms with E-state index in [0.29, 0.717) is 25.1 Å². The lowest BCUT2D eigenvalue weighted by atomic mass is 10.1. The van der Waals surface area contributed by atoms with Crippen LogP contribution in [0.1, 0.15) is 30.2 Å².